The zero-order valence-corrected chi connectivity index (χ0v) is 12.4. The summed E-state index contributed by atoms with van der Waals surface area (Å²) in [4.78, 5) is 25.8. The van der Waals surface area contributed by atoms with Gasteiger partial charge in [-0.05, 0) is 30.9 Å². The number of carbonyl (C=O) groups excluding carboxylic acids is 2. The van der Waals surface area contributed by atoms with Crippen molar-refractivity contribution in [2.75, 3.05) is 20.2 Å². The lowest BCUT2D eigenvalue weighted by Gasteiger charge is -2.31. The monoisotopic (exact) mass is 302 g/mol. The smallest absolute Gasteiger partial charge is 0.305 e. The molecule has 0 unspecified atom stereocenters. The summed E-state index contributed by atoms with van der Waals surface area (Å²) in [7, 11) is 1.40. The Morgan fingerprint density at radius 2 is 2.14 bits per heavy atom. The summed E-state index contributed by atoms with van der Waals surface area (Å²) in [6.45, 7) is 1.31. The summed E-state index contributed by atoms with van der Waals surface area (Å²) in [5.74, 6) is 0.104. The van der Waals surface area contributed by atoms with Gasteiger partial charge in [-0.25, -0.2) is 0 Å². The van der Waals surface area contributed by atoms with Crippen LogP contribution in [-0.4, -0.2) is 42.1 Å². The number of methoxy groups -OCH3 is 1. The first-order valence-corrected chi connectivity index (χ1v) is 7.38. The number of carbonyl (C=O) groups is 2. The number of benzene rings is 1. The molecule has 1 aromatic carbocycles. The van der Waals surface area contributed by atoms with Crippen molar-refractivity contribution >= 4 is 22.8 Å². The van der Waals surface area contributed by atoms with Crippen LogP contribution in [0.15, 0.2) is 28.9 Å². The molecule has 0 aliphatic carbocycles. The summed E-state index contributed by atoms with van der Waals surface area (Å²) >= 11 is 0. The maximum atomic E-state index is 12.7. The number of ether oxygens (including phenoxy) is 1. The van der Waals surface area contributed by atoms with E-state index >= 15 is 0 Å². The van der Waals surface area contributed by atoms with Gasteiger partial charge in [0.25, 0.3) is 5.91 Å². The Kier molecular flexibility index (Phi) is 4.09. The number of hydrogen-bond donors (Lipinski definition) is 0. The third-order valence-corrected chi connectivity index (χ3v) is 4.21. The van der Waals surface area contributed by atoms with E-state index < -0.39 is 0 Å². The Morgan fingerprint density at radius 1 is 1.36 bits per heavy atom. The van der Waals surface area contributed by atoms with Crippen molar-refractivity contribution in [3.8, 4) is 0 Å². The van der Waals surface area contributed by atoms with E-state index in [2.05, 4.69) is 5.16 Å². The molecular formula is C16H18N2O4. The average Bonchev–Trinajstić information content (AvgIpc) is 3.03. The number of aromatic nitrogens is 1. The summed E-state index contributed by atoms with van der Waals surface area (Å²) in [5, 5.41) is 4.49. The van der Waals surface area contributed by atoms with Crippen LogP contribution in [0.5, 0.6) is 0 Å². The number of esters is 1. The van der Waals surface area contributed by atoms with Crippen LogP contribution < -0.4 is 0 Å². The van der Waals surface area contributed by atoms with Crippen molar-refractivity contribution in [3.05, 3.63) is 30.0 Å². The highest BCUT2D eigenvalue weighted by Gasteiger charge is 2.26. The Bertz CT molecular complexity index is 686. The first-order valence-electron chi connectivity index (χ1n) is 7.38. The van der Waals surface area contributed by atoms with E-state index in [9.17, 15) is 9.59 Å². The van der Waals surface area contributed by atoms with Crippen molar-refractivity contribution < 1.29 is 18.8 Å². The molecule has 1 aromatic heterocycles. The maximum Gasteiger partial charge on any atom is 0.305 e. The second-order valence-electron chi connectivity index (χ2n) is 5.56. The van der Waals surface area contributed by atoms with Gasteiger partial charge in [-0.1, -0.05) is 11.2 Å². The van der Waals surface area contributed by atoms with Crippen LogP contribution >= 0.6 is 0 Å². The van der Waals surface area contributed by atoms with Crippen LogP contribution in [-0.2, 0) is 9.53 Å². The third-order valence-electron chi connectivity index (χ3n) is 4.21. The van der Waals surface area contributed by atoms with Gasteiger partial charge in [-0.3, -0.25) is 9.59 Å². The van der Waals surface area contributed by atoms with Crippen LogP contribution in [0.3, 0.4) is 0 Å². The first kappa shape index (κ1) is 14.6. The average molecular weight is 302 g/mol. The molecular weight excluding hydrogens is 284 g/mol. The molecule has 0 bridgehead atoms. The summed E-state index contributed by atoms with van der Waals surface area (Å²) in [5.41, 5.74) is 1.23. The Balaban J connectivity index is 1.67. The number of rotatable bonds is 3. The molecule has 2 heterocycles. The quantitative estimate of drug-likeness (QED) is 0.813. The topological polar surface area (TPSA) is 72.6 Å². The summed E-state index contributed by atoms with van der Waals surface area (Å²) in [6.07, 6.45) is 3.65. The molecule has 1 saturated heterocycles. The molecule has 0 N–H and O–H groups in total. The molecule has 1 aliphatic heterocycles. The standard InChI is InChI=1S/C16H18N2O4/c1-21-15(19)9-11-5-7-18(8-6-11)16(20)12-3-2-4-14-13(12)10-17-22-14/h2-4,10-11H,5-9H2,1H3. The van der Waals surface area contributed by atoms with E-state index in [1.54, 1.807) is 24.4 Å². The predicted octanol–water partition coefficient (Wildman–Crippen LogP) is 2.24. The highest BCUT2D eigenvalue weighted by Crippen LogP contribution is 2.25. The van der Waals surface area contributed by atoms with Crippen molar-refractivity contribution in [1.29, 1.82) is 0 Å². The number of fused-ring (bicyclic) bond motifs is 1. The zero-order chi connectivity index (χ0) is 15.5. The number of hydrogen-bond acceptors (Lipinski definition) is 5. The normalized spacial score (nSPS) is 16.0. The molecule has 2 aromatic rings. The first-order chi connectivity index (χ1) is 10.7. The van der Waals surface area contributed by atoms with Crippen molar-refractivity contribution in [2.45, 2.75) is 19.3 Å². The number of piperidine rings is 1. The highest BCUT2D eigenvalue weighted by molar-refractivity contribution is 6.05. The summed E-state index contributed by atoms with van der Waals surface area (Å²) in [6, 6.07) is 5.38. The fourth-order valence-electron chi connectivity index (χ4n) is 2.91. The molecule has 1 amide bonds. The van der Waals surface area contributed by atoms with E-state index in [4.69, 9.17) is 9.26 Å². The fraction of sp³-hybridized carbons (Fsp3) is 0.438. The van der Waals surface area contributed by atoms with Gasteiger partial charge in [0.05, 0.1) is 24.3 Å². The second-order valence-corrected chi connectivity index (χ2v) is 5.56. The predicted molar refractivity (Wildman–Crippen MR) is 79.3 cm³/mol. The molecule has 3 rings (SSSR count). The second kappa shape index (κ2) is 6.17. The van der Waals surface area contributed by atoms with Crippen LogP contribution in [0.25, 0.3) is 11.0 Å². The molecule has 1 aliphatic rings. The molecule has 0 radical (unpaired) electrons. The molecule has 0 atom stereocenters. The minimum atomic E-state index is -0.181. The number of amides is 1. The van der Waals surface area contributed by atoms with Gasteiger partial charge in [0.2, 0.25) is 0 Å². The van der Waals surface area contributed by atoms with Crippen LogP contribution in [0.4, 0.5) is 0 Å². The van der Waals surface area contributed by atoms with Gasteiger partial charge in [0.1, 0.15) is 0 Å². The van der Waals surface area contributed by atoms with Gasteiger partial charge >= 0.3 is 5.97 Å². The highest BCUT2D eigenvalue weighted by atomic mass is 16.5. The van der Waals surface area contributed by atoms with E-state index in [1.165, 1.54) is 7.11 Å². The maximum absolute atomic E-state index is 12.7. The lowest BCUT2D eigenvalue weighted by Crippen LogP contribution is -2.39. The molecule has 0 spiro atoms. The number of likely N-dealkylation sites (tertiary alicyclic amines) is 1. The van der Waals surface area contributed by atoms with E-state index in [0.29, 0.717) is 36.6 Å². The van der Waals surface area contributed by atoms with E-state index in [0.717, 1.165) is 18.2 Å². The molecule has 6 heteroatoms. The van der Waals surface area contributed by atoms with Gasteiger partial charge in [0.15, 0.2) is 5.58 Å². The van der Waals surface area contributed by atoms with E-state index in [1.807, 2.05) is 4.90 Å². The SMILES string of the molecule is COC(=O)CC1CCN(C(=O)c2cccc3oncc23)CC1. The number of nitrogens with zero attached hydrogens (tertiary/aromatic N) is 2. The zero-order valence-electron chi connectivity index (χ0n) is 12.4. The molecule has 0 saturated carbocycles. The fourth-order valence-corrected chi connectivity index (χ4v) is 2.91. The van der Waals surface area contributed by atoms with Crippen LogP contribution in [0, 0.1) is 5.92 Å². The molecule has 116 valence electrons. The van der Waals surface area contributed by atoms with Gasteiger partial charge in [0, 0.05) is 19.5 Å². The minimum absolute atomic E-state index is 0.00896. The van der Waals surface area contributed by atoms with E-state index in [-0.39, 0.29) is 11.9 Å². The van der Waals surface area contributed by atoms with Gasteiger partial charge < -0.3 is 14.2 Å². The van der Waals surface area contributed by atoms with Crippen LogP contribution in [0.2, 0.25) is 0 Å². The van der Waals surface area contributed by atoms with Crippen molar-refractivity contribution in [3.63, 3.8) is 0 Å². The molecule has 6 nitrogen and oxygen atoms in total. The minimum Gasteiger partial charge on any atom is -0.469 e. The van der Waals surface area contributed by atoms with Crippen LogP contribution in [0.1, 0.15) is 29.6 Å². The Hall–Kier alpha value is -2.37. The largest absolute Gasteiger partial charge is 0.469 e. The Morgan fingerprint density at radius 3 is 2.86 bits per heavy atom. The lowest BCUT2D eigenvalue weighted by molar-refractivity contribution is -0.142. The van der Waals surface area contributed by atoms with Gasteiger partial charge in [-0.15, -0.1) is 0 Å². The van der Waals surface area contributed by atoms with Crippen molar-refractivity contribution in [2.24, 2.45) is 5.92 Å². The molecule has 1 fully saturated rings. The lowest BCUT2D eigenvalue weighted by atomic mass is 9.93. The van der Waals surface area contributed by atoms with Crippen molar-refractivity contribution in [1.82, 2.24) is 10.1 Å². The van der Waals surface area contributed by atoms with Gasteiger partial charge in [-0.2, -0.15) is 0 Å². The third kappa shape index (κ3) is 2.81. The summed E-state index contributed by atoms with van der Waals surface area (Å²) < 4.78 is 9.80. The Labute approximate surface area is 128 Å². The molecule has 22 heavy (non-hydrogen) atoms.